The van der Waals surface area contributed by atoms with Gasteiger partial charge in [0.2, 0.25) is 0 Å². The average Bonchev–Trinajstić information content (AvgIpc) is 3.30. The maximum absolute atomic E-state index is 13.0. The topological polar surface area (TPSA) is 81.5 Å². The monoisotopic (exact) mass is 402 g/mol. The van der Waals surface area contributed by atoms with Gasteiger partial charge in [-0.05, 0) is 57.0 Å². The Labute approximate surface area is 175 Å². The maximum Gasteiger partial charge on any atom is 0.254 e. The Hall–Kier alpha value is -3.19. The number of aromatic nitrogens is 4. The van der Waals surface area contributed by atoms with Gasteiger partial charge in [-0.1, -0.05) is 0 Å². The lowest BCUT2D eigenvalue weighted by Crippen LogP contribution is -2.45. The first-order valence-electron chi connectivity index (χ1n) is 10.5. The van der Waals surface area contributed by atoms with Crippen molar-refractivity contribution in [2.75, 3.05) is 13.1 Å². The molecule has 5 heterocycles. The van der Waals surface area contributed by atoms with Gasteiger partial charge in [0.25, 0.3) is 5.91 Å². The van der Waals surface area contributed by atoms with Crippen molar-refractivity contribution >= 4 is 22.6 Å². The second-order valence-electron chi connectivity index (χ2n) is 8.03. The van der Waals surface area contributed by atoms with E-state index in [2.05, 4.69) is 35.5 Å². The van der Waals surface area contributed by atoms with Crippen molar-refractivity contribution < 1.29 is 4.79 Å². The molecule has 5 rings (SSSR count). The molecule has 30 heavy (non-hydrogen) atoms. The van der Waals surface area contributed by atoms with Crippen LogP contribution in [0.1, 0.15) is 35.8 Å². The van der Waals surface area contributed by atoms with Crippen LogP contribution in [0.15, 0.2) is 42.7 Å². The van der Waals surface area contributed by atoms with Crippen LogP contribution in [0.2, 0.25) is 0 Å². The fraction of sp³-hybridized carbons (Fsp3) is 0.348. The van der Waals surface area contributed by atoms with E-state index in [9.17, 15) is 4.79 Å². The third-order valence-corrected chi connectivity index (χ3v) is 6.07. The molecule has 1 fully saturated rings. The van der Waals surface area contributed by atoms with Gasteiger partial charge in [0.1, 0.15) is 17.0 Å². The van der Waals surface area contributed by atoms with E-state index in [0.717, 1.165) is 59.7 Å². The number of hydrogen-bond acceptors (Lipinski definition) is 4. The number of nitrogens with zero attached hydrogens (tertiary/aromatic N) is 5. The molecule has 7 nitrogen and oxygen atoms in total. The van der Waals surface area contributed by atoms with Crippen LogP contribution < -0.4 is 5.73 Å². The zero-order valence-corrected chi connectivity index (χ0v) is 17.4. The molecule has 0 aliphatic carbocycles. The number of aryl methyl sites for hydroxylation is 2. The Morgan fingerprint density at radius 3 is 2.97 bits per heavy atom. The number of carbonyl (C=O) groups is 1. The fourth-order valence-electron chi connectivity index (χ4n) is 4.52. The standard InChI is InChI=1S/C23H26N6O/c1-3-28-19(12-16-6-4-9-25-22(16)28)21-15(2)29-11-8-17(13-20(29)26-21)23(30)27-10-5-7-18(24)14-27/h4,6,8-9,11-13,18H,3,5,7,10,14,24H2,1-2H3/t18-/m1/s1. The first-order valence-corrected chi connectivity index (χ1v) is 10.5. The molecule has 2 N–H and O–H groups in total. The van der Waals surface area contributed by atoms with Crippen molar-refractivity contribution in [2.24, 2.45) is 5.73 Å². The number of imidazole rings is 1. The number of likely N-dealkylation sites (tertiary alicyclic amines) is 1. The molecular formula is C23H26N6O. The largest absolute Gasteiger partial charge is 0.337 e. The zero-order valence-electron chi connectivity index (χ0n) is 17.4. The van der Waals surface area contributed by atoms with Gasteiger partial charge >= 0.3 is 0 Å². The molecule has 154 valence electrons. The van der Waals surface area contributed by atoms with Crippen LogP contribution in [0, 0.1) is 6.92 Å². The highest BCUT2D eigenvalue weighted by molar-refractivity contribution is 5.95. The SMILES string of the molecule is CCn1c(-c2nc3cc(C(=O)N4CCC[C@@H](N)C4)ccn3c2C)cc2cccnc21. The third kappa shape index (κ3) is 2.97. The summed E-state index contributed by atoms with van der Waals surface area (Å²) < 4.78 is 4.23. The summed E-state index contributed by atoms with van der Waals surface area (Å²) in [5.74, 6) is 0.0294. The first-order chi connectivity index (χ1) is 14.6. The van der Waals surface area contributed by atoms with Crippen LogP contribution in [0.4, 0.5) is 0 Å². The summed E-state index contributed by atoms with van der Waals surface area (Å²) in [7, 11) is 0. The highest BCUT2D eigenvalue weighted by atomic mass is 16.2. The average molecular weight is 403 g/mol. The van der Waals surface area contributed by atoms with E-state index in [1.165, 1.54) is 0 Å². The van der Waals surface area contributed by atoms with E-state index in [1.807, 2.05) is 39.9 Å². The van der Waals surface area contributed by atoms with Crippen molar-refractivity contribution in [1.82, 2.24) is 23.8 Å². The number of amides is 1. The molecule has 7 heteroatoms. The van der Waals surface area contributed by atoms with Gasteiger partial charge in [0.15, 0.2) is 0 Å². The van der Waals surface area contributed by atoms with Crippen LogP contribution >= 0.6 is 0 Å². The lowest BCUT2D eigenvalue weighted by atomic mass is 10.1. The van der Waals surface area contributed by atoms with E-state index in [4.69, 9.17) is 10.7 Å². The lowest BCUT2D eigenvalue weighted by molar-refractivity contribution is 0.0709. The number of carbonyl (C=O) groups excluding carboxylic acids is 1. The molecule has 4 aromatic rings. The Morgan fingerprint density at radius 2 is 2.17 bits per heavy atom. The number of rotatable bonds is 3. The van der Waals surface area contributed by atoms with Gasteiger partial charge in [0, 0.05) is 54.7 Å². The Kier molecular flexibility index (Phi) is 4.55. The second-order valence-corrected chi connectivity index (χ2v) is 8.03. The summed E-state index contributed by atoms with van der Waals surface area (Å²) in [4.78, 5) is 24.3. The number of nitrogens with two attached hydrogens (primary N) is 1. The molecule has 1 atom stereocenters. The molecule has 4 aromatic heterocycles. The molecular weight excluding hydrogens is 376 g/mol. The molecule has 1 aliphatic heterocycles. The Bertz CT molecular complexity index is 1250. The minimum atomic E-state index is 0.0294. The van der Waals surface area contributed by atoms with Crippen LogP contribution in [0.3, 0.4) is 0 Å². The minimum Gasteiger partial charge on any atom is -0.337 e. The van der Waals surface area contributed by atoms with Crippen LogP contribution in [0.5, 0.6) is 0 Å². The quantitative estimate of drug-likeness (QED) is 0.570. The smallest absolute Gasteiger partial charge is 0.254 e. The van der Waals surface area contributed by atoms with E-state index in [0.29, 0.717) is 12.1 Å². The predicted octanol–water partition coefficient (Wildman–Crippen LogP) is 3.24. The summed E-state index contributed by atoms with van der Waals surface area (Å²) in [6, 6.07) is 10.00. The van der Waals surface area contributed by atoms with E-state index in [1.54, 1.807) is 0 Å². The maximum atomic E-state index is 13.0. The molecule has 0 saturated carbocycles. The summed E-state index contributed by atoms with van der Waals surface area (Å²) in [5.41, 5.74) is 11.5. The highest BCUT2D eigenvalue weighted by Gasteiger charge is 2.23. The lowest BCUT2D eigenvalue weighted by Gasteiger charge is -2.30. The highest BCUT2D eigenvalue weighted by Crippen LogP contribution is 2.30. The number of pyridine rings is 2. The fourth-order valence-corrected chi connectivity index (χ4v) is 4.52. The minimum absolute atomic E-state index is 0.0294. The zero-order chi connectivity index (χ0) is 20.8. The van der Waals surface area contributed by atoms with Gasteiger partial charge in [-0.25, -0.2) is 9.97 Å². The molecule has 0 aromatic carbocycles. The Balaban J connectivity index is 1.57. The molecule has 0 unspecified atom stereocenters. The molecule has 0 bridgehead atoms. The van der Waals surface area contributed by atoms with Crippen LogP contribution in [-0.4, -0.2) is 48.9 Å². The number of hydrogen-bond donors (Lipinski definition) is 1. The van der Waals surface area contributed by atoms with Crippen molar-refractivity contribution in [3.63, 3.8) is 0 Å². The van der Waals surface area contributed by atoms with Crippen LogP contribution in [-0.2, 0) is 6.54 Å². The van der Waals surface area contributed by atoms with Crippen molar-refractivity contribution in [3.05, 3.63) is 54.0 Å². The van der Waals surface area contributed by atoms with E-state index >= 15 is 0 Å². The van der Waals surface area contributed by atoms with Crippen LogP contribution in [0.25, 0.3) is 28.1 Å². The van der Waals surface area contributed by atoms with Crippen molar-refractivity contribution in [2.45, 2.75) is 39.3 Å². The van der Waals surface area contributed by atoms with Gasteiger partial charge < -0.3 is 19.6 Å². The van der Waals surface area contributed by atoms with E-state index < -0.39 is 0 Å². The molecule has 0 spiro atoms. The first kappa shape index (κ1) is 18.8. The summed E-state index contributed by atoms with van der Waals surface area (Å²) >= 11 is 0. The third-order valence-electron chi connectivity index (χ3n) is 6.07. The predicted molar refractivity (Wildman–Crippen MR) is 117 cm³/mol. The van der Waals surface area contributed by atoms with Gasteiger partial charge in [-0.3, -0.25) is 4.79 Å². The number of piperidine rings is 1. The second kappa shape index (κ2) is 7.25. The molecule has 1 amide bonds. The van der Waals surface area contributed by atoms with E-state index in [-0.39, 0.29) is 11.9 Å². The normalized spacial score (nSPS) is 17.2. The van der Waals surface area contributed by atoms with Crippen molar-refractivity contribution in [3.8, 4) is 11.4 Å². The number of fused-ring (bicyclic) bond motifs is 2. The molecule has 1 saturated heterocycles. The summed E-state index contributed by atoms with van der Waals surface area (Å²) in [5, 5.41) is 1.10. The molecule has 0 radical (unpaired) electrons. The molecule has 1 aliphatic rings. The summed E-state index contributed by atoms with van der Waals surface area (Å²) in [6.45, 7) is 6.36. The summed E-state index contributed by atoms with van der Waals surface area (Å²) in [6.07, 6.45) is 5.69. The van der Waals surface area contributed by atoms with Crippen molar-refractivity contribution in [1.29, 1.82) is 0 Å². The van der Waals surface area contributed by atoms with Gasteiger partial charge in [-0.15, -0.1) is 0 Å². The Morgan fingerprint density at radius 1 is 1.30 bits per heavy atom. The van der Waals surface area contributed by atoms with Gasteiger partial charge in [0.05, 0.1) is 5.69 Å². The van der Waals surface area contributed by atoms with Gasteiger partial charge in [-0.2, -0.15) is 0 Å².